The van der Waals surface area contributed by atoms with Gasteiger partial charge in [0.25, 0.3) is 5.56 Å². The normalized spacial score (nSPS) is 15.2. The lowest BCUT2D eigenvalue weighted by atomic mass is 10.2. The number of thioether (sulfide) groups is 1. The van der Waals surface area contributed by atoms with Crippen molar-refractivity contribution in [3.8, 4) is 0 Å². The number of carbonyl (C=O) groups is 1. The largest absolute Gasteiger partial charge is 0.355 e. The van der Waals surface area contributed by atoms with Gasteiger partial charge in [0, 0.05) is 51.4 Å². The fourth-order valence-electron chi connectivity index (χ4n) is 2.91. The number of nitrogens with one attached hydrogen (secondary N) is 3. The minimum absolute atomic E-state index is 0.0765. The second-order valence-corrected chi connectivity index (χ2v) is 7.38. The van der Waals surface area contributed by atoms with Crippen molar-refractivity contribution in [2.45, 2.75) is 12.2 Å². The molecule has 1 aliphatic rings. The van der Waals surface area contributed by atoms with Crippen molar-refractivity contribution in [3.05, 3.63) is 40.4 Å². The van der Waals surface area contributed by atoms with Crippen molar-refractivity contribution in [3.63, 3.8) is 0 Å². The number of fused-ring (bicyclic) bond motifs is 1. The predicted octanol–water partition coefficient (Wildman–Crippen LogP) is 0.568. The van der Waals surface area contributed by atoms with Crippen LogP contribution in [-0.2, 0) is 10.5 Å². The van der Waals surface area contributed by atoms with E-state index in [2.05, 4.69) is 25.5 Å². The highest BCUT2D eigenvalue weighted by Gasteiger charge is 2.09. The number of piperazine rings is 1. The van der Waals surface area contributed by atoms with Crippen LogP contribution in [0.15, 0.2) is 29.1 Å². The number of H-pyrrole nitrogens is 1. The molecular formula is C18H25N5O2S. The van der Waals surface area contributed by atoms with E-state index in [9.17, 15) is 9.59 Å². The Bertz CT molecular complexity index is 788. The highest BCUT2D eigenvalue weighted by molar-refractivity contribution is 7.98. The van der Waals surface area contributed by atoms with Crippen molar-refractivity contribution >= 4 is 28.6 Å². The van der Waals surface area contributed by atoms with Crippen LogP contribution in [0.5, 0.6) is 0 Å². The molecule has 1 amide bonds. The van der Waals surface area contributed by atoms with E-state index in [0.717, 1.165) is 32.7 Å². The minimum Gasteiger partial charge on any atom is -0.355 e. The minimum atomic E-state index is -0.114. The van der Waals surface area contributed by atoms with E-state index in [0.29, 0.717) is 41.2 Å². The molecule has 0 atom stereocenters. The fraction of sp³-hybridized carbons (Fsp3) is 0.500. The zero-order chi connectivity index (χ0) is 18.2. The summed E-state index contributed by atoms with van der Waals surface area (Å²) in [5.74, 6) is 2.02. The van der Waals surface area contributed by atoms with Gasteiger partial charge in [0.2, 0.25) is 5.91 Å². The maximum Gasteiger partial charge on any atom is 0.258 e. The molecule has 0 unspecified atom stereocenters. The lowest BCUT2D eigenvalue weighted by Crippen LogP contribution is -2.46. The van der Waals surface area contributed by atoms with E-state index < -0.39 is 0 Å². The summed E-state index contributed by atoms with van der Waals surface area (Å²) >= 11 is 1.60. The lowest BCUT2D eigenvalue weighted by molar-refractivity contribution is -0.120. The molecule has 0 radical (unpaired) electrons. The number of carbonyl (C=O) groups excluding carboxylic acids is 1. The molecule has 26 heavy (non-hydrogen) atoms. The molecule has 1 aromatic carbocycles. The molecule has 8 heteroatoms. The van der Waals surface area contributed by atoms with Crippen LogP contribution in [0.1, 0.15) is 12.2 Å². The Morgan fingerprint density at radius 1 is 1.27 bits per heavy atom. The van der Waals surface area contributed by atoms with Crippen LogP contribution in [-0.4, -0.2) is 65.8 Å². The van der Waals surface area contributed by atoms with Gasteiger partial charge in [-0.1, -0.05) is 12.1 Å². The van der Waals surface area contributed by atoms with Gasteiger partial charge >= 0.3 is 0 Å². The third kappa shape index (κ3) is 5.55. The summed E-state index contributed by atoms with van der Waals surface area (Å²) < 4.78 is 0. The third-order valence-electron chi connectivity index (χ3n) is 4.33. The van der Waals surface area contributed by atoms with E-state index in [-0.39, 0.29) is 11.5 Å². The number of hydrogen-bond acceptors (Lipinski definition) is 6. The van der Waals surface area contributed by atoms with Crippen LogP contribution in [0.25, 0.3) is 10.9 Å². The third-order valence-corrected chi connectivity index (χ3v) is 5.30. The van der Waals surface area contributed by atoms with Crippen molar-refractivity contribution < 1.29 is 4.79 Å². The van der Waals surface area contributed by atoms with Gasteiger partial charge in [-0.3, -0.25) is 14.5 Å². The van der Waals surface area contributed by atoms with Crippen molar-refractivity contribution in [2.75, 3.05) is 45.0 Å². The molecule has 0 saturated carbocycles. The van der Waals surface area contributed by atoms with Crippen LogP contribution in [0.4, 0.5) is 0 Å². The first-order valence-corrected chi connectivity index (χ1v) is 10.1. The van der Waals surface area contributed by atoms with Gasteiger partial charge in [-0.2, -0.15) is 11.8 Å². The number of aromatic nitrogens is 2. The molecular weight excluding hydrogens is 350 g/mol. The molecule has 1 aromatic heterocycles. The highest BCUT2D eigenvalue weighted by atomic mass is 32.2. The average molecular weight is 375 g/mol. The maximum atomic E-state index is 12.0. The zero-order valence-electron chi connectivity index (χ0n) is 14.8. The van der Waals surface area contributed by atoms with Gasteiger partial charge in [-0.15, -0.1) is 0 Å². The Morgan fingerprint density at radius 3 is 2.92 bits per heavy atom. The average Bonchev–Trinajstić information content (AvgIpc) is 2.66. The molecule has 1 saturated heterocycles. The number of hydrogen-bond donors (Lipinski definition) is 3. The second kappa shape index (κ2) is 9.70. The van der Waals surface area contributed by atoms with Crippen LogP contribution < -0.4 is 16.2 Å². The number of benzene rings is 1. The second-order valence-electron chi connectivity index (χ2n) is 6.27. The molecule has 1 fully saturated rings. The Balaban J connectivity index is 1.34. The Labute approximate surface area is 157 Å². The van der Waals surface area contributed by atoms with Gasteiger partial charge in [0.05, 0.1) is 16.7 Å². The molecule has 3 N–H and O–H groups in total. The first kappa shape index (κ1) is 18.9. The van der Waals surface area contributed by atoms with Gasteiger partial charge in [-0.25, -0.2) is 4.98 Å². The molecule has 0 bridgehead atoms. The van der Waals surface area contributed by atoms with E-state index >= 15 is 0 Å². The summed E-state index contributed by atoms with van der Waals surface area (Å²) in [4.78, 5) is 33.5. The summed E-state index contributed by atoms with van der Waals surface area (Å²) in [6.45, 7) is 5.74. The van der Waals surface area contributed by atoms with E-state index in [1.807, 2.05) is 18.2 Å². The number of aromatic amines is 1. The molecule has 1 aliphatic heterocycles. The zero-order valence-corrected chi connectivity index (χ0v) is 15.6. The predicted molar refractivity (Wildman–Crippen MR) is 105 cm³/mol. The van der Waals surface area contributed by atoms with Crippen LogP contribution in [0.2, 0.25) is 0 Å². The van der Waals surface area contributed by atoms with Gasteiger partial charge in [-0.05, 0) is 12.1 Å². The summed E-state index contributed by atoms with van der Waals surface area (Å²) in [6.07, 6.45) is 0.476. The summed E-state index contributed by atoms with van der Waals surface area (Å²) in [7, 11) is 0. The molecule has 0 spiro atoms. The number of nitrogens with zero attached hydrogens (tertiary/aromatic N) is 2. The molecule has 140 valence electrons. The van der Waals surface area contributed by atoms with E-state index in [4.69, 9.17) is 0 Å². The Morgan fingerprint density at radius 2 is 2.08 bits per heavy atom. The standard InChI is InChI=1S/C18H25N5O2S/c24-17(20-8-11-23-9-6-19-7-10-23)5-12-26-13-16-21-15-4-2-1-3-14(15)18(25)22-16/h1-4,19H,5-13H2,(H,20,24)(H,21,22,25). The monoisotopic (exact) mass is 375 g/mol. The summed E-state index contributed by atoms with van der Waals surface area (Å²) in [5.41, 5.74) is 0.592. The van der Waals surface area contributed by atoms with Crippen molar-refractivity contribution in [1.82, 2.24) is 25.5 Å². The highest BCUT2D eigenvalue weighted by Crippen LogP contribution is 2.11. The molecule has 7 nitrogen and oxygen atoms in total. The van der Waals surface area contributed by atoms with Crippen LogP contribution in [0.3, 0.4) is 0 Å². The molecule has 2 heterocycles. The van der Waals surface area contributed by atoms with Gasteiger partial charge in [0.15, 0.2) is 0 Å². The summed E-state index contributed by atoms with van der Waals surface area (Å²) in [5, 5.41) is 6.89. The van der Waals surface area contributed by atoms with E-state index in [1.165, 1.54) is 0 Å². The fourth-order valence-corrected chi connectivity index (χ4v) is 3.72. The lowest BCUT2D eigenvalue weighted by Gasteiger charge is -2.27. The van der Waals surface area contributed by atoms with Crippen LogP contribution in [0, 0.1) is 0 Å². The number of rotatable bonds is 8. The quantitative estimate of drug-likeness (QED) is 0.585. The maximum absolute atomic E-state index is 12.0. The number of para-hydroxylation sites is 1. The Hall–Kier alpha value is -1.90. The topological polar surface area (TPSA) is 90.1 Å². The SMILES string of the molecule is O=C(CCSCc1nc2ccccc2c(=O)[nH]1)NCCN1CCNCC1. The van der Waals surface area contributed by atoms with E-state index in [1.54, 1.807) is 17.8 Å². The molecule has 2 aromatic rings. The smallest absolute Gasteiger partial charge is 0.258 e. The molecule has 0 aliphatic carbocycles. The van der Waals surface area contributed by atoms with Gasteiger partial charge in [0.1, 0.15) is 5.82 Å². The Kier molecular flexibility index (Phi) is 7.04. The number of amides is 1. The van der Waals surface area contributed by atoms with Crippen molar-refractivity contribution in [2.24, 2.45) is 0 Å². The summed E-state index contributed by atoms with van der Waals surface area (Å²) in [6, 6.07) is 7.30. The van der Waals surface area contributed by atoms with Crippen molar-refractivity contribution in [1.29, 1.82) is 0 Å². The first-order chi connectivity index (χ1) is 12.7. The van der Waals surface area contributed by atoms with Gasteiger partial charge < -0.3 is 15.6 Å². The first-order valence-electron chi connectivity index (χ1n) is 8.98. The molecule has 3 rings (SSSR count). The van der Waals surface area contributed by atoms with Crippen LogP contribution >= 0.6 is 11.8 Å².